The number of benzene rings is 1. The van der Waals surface area contributed by atoms with Crippen LogP contribution in [0.4, 0.5) is 29.3 Å². The largest absolute Gasteiger partial charge is 0.403 e. The first kappa shape index (κ1) is 25.8. The van der Waals surface area contributed by atoms with Gasteiger partial charge in [-0.1, -0.05) is 24.2 Å². The van der Waals surface area contributed by atoms with Gasteiger partial charge in [-0.2, -0.15) is 13.2 Å². The number of anilines is 2. The third kappa shape index (κ3) is 5.44. The summed E-state index contributed by atoms with van der Waals surface area (Å²) in [6.07, 6.45) is -0.380. The molecule has 0 unspecified atom stereocenters. The molecule has 37 heavy (non-hydrogen) atoms. The van der Waals surface area contributed by atoms with Gasteiger partial charge in [0, 0.05) is 30.2 Å². The second-order valence-corrected chi connectivity index (χ2v) is 8.52. The van der Waals surface area contributed by atoms with Gasteiger partial charge in [0.1, 0.15) is 11.2 Å². The first-order valence-electron chi connectivity index (χ1n) is 11.3. The number of alkyl halides is 3. The van der Waals surface area contributed by atoms with Crippen molar-refractivity contribution < 1.29 is 26.9 Å². The highest BCUT2D eigenvalue weighted by Gasteiger charge is 2.66. The normalized spacial score (nSPS) is 14.8. The number of hydrogen-bond donors (Lipinski definition) is 4. The maximum Gasteiger partial charge on any atom is 0.401 e. The van der Waals surface area contributed by atoms with Crippen LogP contribution >= 0.6 is 0 Å². The number of rotatable bonds is 9. The molecule has 3 aromatic rings. The van der Waals surface area contributed by atoms with Crippen molar-refractivity contribution in [3.63, 3.8) is 0 Å². The SMILES string of the molecule is CCC(=N)/C(=C\N)Nc1ncc(-c2ccc(CC(=O)Nc3cc(C4(C(F)(F)F)CC4)on3)c(F)c2)cn1. The monoisotopic (exact) mass is 517 g/mol. The summed E-state index contributed by atoms with van der Waals surface area (Å²) in [5, 5.41) is 16.5. The Kier molecular flexibility index (Phi) is 6.96. The lowest BCUT2D eigenvalue weighted by Gasteiger charge is -2.14. The van der Waals surface area contributed by atoms with Gasteiger partial charge in [0.2, 0.25) is 11.9 Å². The summed E-state index contributed by atoms with van der Waals surface area (Å²) < 4.78 is 59.2. The Balaban J connectivity index is 1.39. The van der Waals surface area contributed by atoms with Gasteiger partial charge in [-0.25, -0.2) is 14.4 Å². The van der Waals surface area contributed by atoms with Crippen molar-refractivity contribution in [2.45, 2.75) is 44.2 Å². The minimum Gasteiger partial charge on any atom is -0.403 e. The second kappa shape index (κ2) is 9.99. The van der Waals surface area contributed by atoms with Crippen LogP contribution in [0.5, 0.6) is 0 Å². The second-order valence-electron chi connectivity index (χ2n) is 8.52. The molecule has 1 saturated carbocycles. The smallest absolute Gasteiger partial charge is 0.401 e. The number of nitrogens with zero attached hydrogens (tertiary/aromatic N) is 3. The fourth-order valence-corrected chi connectivity index (χ4v) is 3.65. The van der Waals surface area contributed by atoms with Crippen LogP contribution in [0.1, 0.15) is 37.5 Å². The molecule has 0 radical (unpaired) electrons. The molecule has 2 aromatic heterocycles. The van der Waals surface area contributed by atoms with Crippen LogP contribution in [0.15, 0.2) is 53.1 Å². The van der Waals surface area contributed by atoms with E-state index < -0.39 is 23.3 Å². The summed E-state index contributed by atoms with van der Waals surface area (Å²) in [4.78, 5) is 20.7. The van der Waals surface area contributed by atoms with E-state index >= 15 is 0 Å². The molecule has 1 aromatic carbocycles. The molecule has 0 atom stereocenters. The zero-order valence-corrected chi connectivity index (χ0v) is 19.6. The van der Waals surface area contributed by atoms with E-state index in [2.05, 4.69) is 25.8 Å². The number of nitrogens with two attached hydrogens (primary N) is 1. The van der Waals surface area contributed by atoms with Crippen LogP contribution in [0.3, 0.4) is 0 Å². The fraction of sp³-hybridized carbons (Fsp3) is 0.292. The van der Waals surface area contributed by atoms with E-state index in [0.29, 0.717) is 23.2 Å². The van der Waals surface area contributed by atoms with E-state index in [1.807, 2.05) is 6.92 Å². The average Bonchev–Trinajstić information content (AvgIpc) is 3.57. The van der Waals surface area contributed by atoms with Crippen LogP contribution in [0, 0.1) is 11.2 Å². The third-order valence-electron chi connectivity index (χ3n) is 6.02. The minimum absolute atomic E-state index is 0.0777. The first-order chi connectivity index (χ1) is 17.6. The lowest BCUT2D eigenvalue weighted by atomic mass is 10.0. The van der Waals surface area contributed by atoms with Gasteiger partial charge >= 0.3 is 6.18 Å². The molecule has 1 amide bonds. The molecule has 1 fully saturated rings. The standard InChI is InChI=1S/C24H23F4N7O2/c1-2-17(30)18(10-29)33-22-31-11-15(12-32-22)13-3-4-14(16(25)7-13)8-21(36)34-20-9-19(37-35-20)23(5-6-23)24(26,27)28/h3-4,7,9-12,30H,2,5-6,8,29H2,1H3,(H,31,32,33)(H,34,35,36)/b18-10+,30-17?. The van der Waals surface area contributed by atoms with Gasteiger partial charge in [0.05, 0.1) is 17.8 Å². The minimum atomic E-state index is -4.47. The fourth-order valence-electron chi connectivity index (χ4n) is 3.65. The summed E-state index contributed by atoms with van der Waals surface area (Å²) >= 11 is 0. The molecule has 0 saturated heterocycles. The van der Waals surface area contributed by atoms with Crippen molar-refractivity contribution in [2.75, 3.05) is 10.6 Å². The highest BCUT2D eigenvalue weighted by Crippen LogP contribution is 2.59. The van der Waals surface area contributed by atoms with Crippen LogP contribution < -0.4 is 16.4 Å². The van der Waals surface area contributed by atoms with Gasteiger partial charge in [-0.15, -0.1) is 0 Å². The lowest BCUT2D eigenvalue weighted by molar-refractivity contribution is -0.165. The van der Waals surface area contributed by atoms with Gasteiger partial charge in [0.25, 0.3) is 0 Å². The quantitative estimate of drug-likeness (QED) is 0.238. The highest BCUT2D eigenvalue weighted by molar-refractivity contribution is 5.99. The maximum atomic E-state index is 14.7. The predicted octanol–water partition coefficient (Wildman–Crippen LogP) is 4.69. The zero-order chi connectivity index (χ0) is 26.8. The molecule has 4 rings (SSSR count). The van der Waals surface area contributed by atoms with E-state index in [0.717, 1.165) is 6.07 Å². The third-order valence-corrected chi connectivity index (χ3v) is 6.02. The van der Waals surface area contributed by atoms with Crippen molar-refractivity contribution in [1.29, 1.82) is 5.41 Å². The van der Waals surface area contributed by atoms with Crippen LogP contribution in [-0.2, 0) is 16.6 Å². The maximum absolute atomic E-state index is 14.7. The van der Waals surface area contributed by atoms with Crippen LogP contribution in [-0.4, -0.2) is 32.9 Å². The number of carbonyl (C=O) groups excluding carboxylic acids is 1. The Bertz CT molecular complexity index is 1350. The van der Waals surface area contributed by atoms with E-state index in [1.54, 1.807) is 6.07 Å². The van der Waals surface area contributed by atoms with Crippen molar-refractivity contribution in [3.8, 4) is 11.1 Å². The molecular weight excluding hydrogens is 494 g/mol. The van der Waals surface area contributed by atoms with E-state index in [4.69, 9.17) is 15.7 Å². The number of amides is 1. The Morgan fingerprint density at radius 2 is 1.89 bits per heavy atom. The Morgan fingerprint density at radius 1 is 1.19 bits per heavy atom. The summed E-state index contributed by atoms with van der Waals surface area (Å²) in [5.74, 6) is -1.63. The van der Waals surface area contributed by atoms with Crippen molar-refractivity contribution >= 4 is 23.4 Å². The molecule has 1 aliphatic rings. The number of carbonyl (C=O) groups is 1. The number of halogens is 4. The average molecular weight is 517 g/mol. The summed E-state index contributed by atoms with van der Waals surface area (Å²) in [6.45, 7) is 1.81. The van der Waals surface area contributed by atoms with Gasteiger partial charge < -0.3 is 26.3 Å². The first-order valence-corrected chi connectivity index (χ1v) is 11.3. The topological polar surface area (TPSA) is 143 Å². The summed E-state index contributed by atoms with van der Waals surface area (Å²) in [6, 6.07) is 5.28. The molecule has 0 spiro atoms. The van der Waals surface area contributed by atoms with Crippen molar-refractivity contribution in [2.24, 2.45) is 5.73 Å². The van der Waals surface area contributed by atoms with Gasteiger partial charge in [-0.05, 0) is 36.5 Å². The predicted molar refractivity (Wildman–Crippen MR) is 127 cm³/mol. The molecule has 194 valence electrons. The van der Waals surface area contributed by atoms with Crippen molar-refractivity contribution in [3.05, 3.63) is 65.7 Å². The van der Waals surface area contributed by atoms with Gasteiger partial charge in [-0.3, -0.25) is 4.79 Å². The van der Waals surface area contributed by atoms with Crippen molar-refractivity contribution in [1.82, 2.24) is 15.1 Å². The summed E-state index contributed by atoms with van der Waals surface area (Å²) in [5.41, 5.74) is 5.19. The molecule has 5 N–H and O–H groups in total. The van der Waals surface area contributed by atoms with Crippen LogP contribution in [0.25, 0.3) is 11.1 Å². The summed E-state index contributed by atoms with van der Waals surface area (Å²) in [7, 11) is 0. The van der Waals surface area contributed by atoms with Gasteiger partial charge in [0.15, 0.2) is 11.6 Å². The number of nitrogens with one attached hydrogen (secondary N) is 3. The molecule has 1 aliphatic carbocycles. The molecule has 13 heteroatoms. The number of allylic oxidation sites excluding steroid dienone is 1. The molecular formula is C24H23F4N7O2. The van der Waals surface area contributed by atoms with E-state index in [1.165, 1.54) is 30.7 Å². The molecule has 9 nitrogen and oxygen atoms in total. The Hall–Kier alpha value is -4.29. The number of aromatic nitrogens is 3. The highest BCUT2D eigenvalue weighted by atomic mass is 19.4. The lowest BCUT2D eigenvalue weighted by Crippen LogP contribution is -2.28. The molecule has 0 aliphatic heterocycles. The number of hydrogen-bond acceptors (Lipinski definition) is 8. The van der Waals surface area contributed by atoms with E-state index in [-0.39, 0.29) is 48.1 Å². The Labute approximate surface area is 208 Å². The molecule has 2 heterocycles. The zero-order valence-electron chi connectivity index (χ0n) is 19.6. The van der Waals surface area contributed by atoms with E-state index in [9.17, 15) is 22.4 Å². The molecule has 0 bridgehead atoms. The van der Waals surface area contributed by atoms with Crippen LogP contribution in [0.2, 0.25) is 0 Å². The Morgan fingerprint density at radius 3 is 2.46 bits per heavy atom.